The third-order valence-corrected chi connectivity index (χ3v) is 3.22. The minimum atomic E-state index is -0.432. The van der Waals surface area contributed by atoms with Crippen molar-refractivity contribution in [1.82, 2.24) is 5.32 Å². The van der Waals surface area contributed by atoms with Gasteiger partial charge in [-0.25, -0.2) is 4.39 Å². The molecular weight excluding hydrogens is 255 g/mol. The fraction of sp³-hybridized carbons (Fsp3) is 0.188. The highest BCUT2D eigenvalue weighted by Crippen LogP contribution is 2.11. The number of benzene rings is 2. The van der Waals surface area contributed by atoms with Crippen molar-refractivity contribution < 1.29 is 9.18 Å². The number of amides is 1. The molecule has 0 saturated carbocycles. The summed E-state index contributed by atoms with van der Waals surface area (Å²) in [4.78, 5) is 11.1. The first-order valence-corrected chi connectivity index (χ1v) is 6.41. The molecule has 0 unspecified atom stereocenters. The summed E-state index contributed by atoms with van der Waals surface area (Å²) in [5.41, 5.74) is 8.42. The monoisotopic (exact) mass is 272 g/mol. The number of halogens is 1. The molecule has 0 fully saturated rings. The Labute approximate surface area is 117 Å². The van der Waals surface area contributed by atoms with Crippen LogP contribution in [0.15, 0.2) is 42.5 Å². The SMILES string of the molecule is Cc1cc(C(N)=O)ccc1CNCc1ccccc1F. The number of carbonyl (C=O) groups is 1. The molecule has 2 aromatic rings. The van der Waals surface area contributed by atoms with Gasteiger partial charge in [-0.15, -0.1) is 0 Å². The largest absolute Gasteiger partial charge is 0.366 e. The molecule has 2 aromatic carbocycles. The van der Waals surface area contributed by atoms with Crippen LogP contribution in [-0.2, 0) is 13.1 Å². The van der Waals surface area contributed by atoms with Crippen molar-refractivity contribution >= 4 is 5.91 Å². The molecule has 0 heterocycles. The average molecular weight is 272 g/mol. The maximum atomic E-state index is 13.4. The molecule has 0 radical (unpaired) electrons. The predicted molar refractivity (Wildman–Crippen MR) is 76.6 cm³/mol. The van der Waals surface area contributed by atoms with Crippen molar-refractivity contribution in [2.45, 2.75) is 20.0 Å². The van der Waals surface area contributed by atoms with E-state index in [1.54, 1.807) is 24.3 Å². The van der Waals surface area contributed by atoms with Crippen LogP contribution >= 0.6 is 0 Å². The third kappa shape index (κ3) is 3.42. The Morgan fingerprint density at radius 2 is 1.85 bits per heavy atom. The van der Waals surface area contributed by atoms with Gasteiger partial charge < -0.3 is 11.1 Å². The minimum absolute atomic E-state index is 0.208. The van der Waals surface area contributed by atoms with Crippen molar-refractivity contribution in [2.75, 3.05) is 0 Å². The molecule has 0 aliphatic carbocycles. The summed E-state index contributed by atoms with van der Waals surface area (Å²) in [5.74, 6) is -0.639. The van der Waals surface area contributed by atoms with E-state index in [1.165, 1.54) is 6.07 Å². The first kappa shape index (κ1) is 14.2. The second-order valence-corrected chi connectivity index (χ2v) is 4.70. The van der Waals surface area contributed by atoms with E-state index in [-0.39, 0.29) is 5.82 Å². The van der Waals surface area contributed by atoms with Gasteiger partial charge in [0, 0.05) is 24.2 Å². The Kier molecular flexibility index (Phi) is 4.48. The molecule has 0 aliphatic heterocycles. The summed E-state index contributed by atoms with van der Waals surface area (Å²) >= 11 is 0. The van der Waals surface area contributed by atoms with Gasteiger partial charge in [0.25, 0.3) is 0 Å². The highest BCUT2D eigenvalue weighted by Gasteiger charge is 2.05. The lowest BCUT2D eigenvalue weighted by Crippen LogP contribution is -2.15. The number of nitrogens with two attached hydrogens (primary N) is 1. The van der Waals surface area contributed by atoms with Crippen LogP contribution in [0.5, 0.6) is 0 Å². The number of carbonyl (C=O) groups excluding carboxylic acids is 1. The molecule has 20 heavy (non-hydrogen) atoms. The van der Waals surface area contributed by atoms with Gasteiger partial charge in [-0.1, -0.05) is 24.3 Å². The highest BCUT2D eigenvalue weighted by molar-refractivity contribution is 5.93. The zero-order valence-corrected chi connectivity index (χ0v) is 11.3. The molecule has 0 atom stereocenters. The van der Waals surface area contributed by atoms with Crippen LogP contribution in [0.2, 0.25) is 0 Å². The predicted octanol–water partition coefficient (Wildman–Crippen LogP) is 2.52. The van der Waals surface area contributed by atoms with Crippen molar-refractivity contribution in [3.05, 3.63) is 70.5 Å². The topological polar surface area (TPSA) is 55.1 Å². The summed E-state index contributed by atoms with van der Waals surface area (Å²) in [6.45, 7) is 3.00. The Morgan fingerprint density at radius 3 is 2.50 bits per heavy atom. The second kappa shape index (κ2) is 6.30. The van der Waals surface area contributed by atoms with Gasteiger partial charge in [-0.2, -0.15) is 0 Å². The van der Waals surface area contributed by atoms with Crippen LogP contribution < -0.4 is 11.1 Å². The Balaban J connectivity index is 1.98. The van der Waals surface area contributed by atoms with Crippen molar-refractivity contribution in [3.8, 4) is 0 Å². The number of hydrogen-bond acceptors (Lipinski definition) is 2. The van der Waals surface area contributed by atoms with E-state index in [0.717, 1.165) is 11.1 Å². The molecule has 3 N–H and O–H groups in total. The van der Waals surface area contributed by atoms with Gasteiger partial charge in [0.2, 0.25) is 5.91 Å². The van der Waals surface area contributed by atoms with Gasteiger partial charge in [0.05, 0.1) is 0 Å². The number of hydrogen-bond donors (Lipinski definition) is 2. The molecular formula is C16H17FN2O. The van der Waals surface area contributed by atoms with Gasteiger partial charge in [-0.05, 0) is 36.2 Å². The summed E-state index contributed by atoms with van der Waals surface area (Å²) in [6, 6.07) is 12.0. The fourth-order valence-corrected chi connectivity index (χ4v) is 2.02. The molecule has 104 valence electrons. The lowest BCUT2D eigenvalue weighted by atomic mass is 10.0. The molecule has 0 saturated heterocycles. The van der Waals surface area contributed by atoms with Crippen LogP contribution in [-0.4, -0.2) is 5.91 Å². The zero-order valence-electron chi connectivity index (χ0n) is 11.3. The number of aryl methyl sites for hydroxylation is 1. The highest BCUT2D eigenvalue weighted by atomic mass is 19.1. The van der Waals surface area contributed by atoms with Gasteiger partial charge in [0.1, 0.15) is 5.82 Å². The van der Waals surface area contributed by atoms with Crippen LogP contribution in [0.4, 0.5) is 4.39 Å². The second-order valence-electron chi connectivity index (χ2n) is 4.70. The number of nitrogens with one attached hydrogen (secondary N) is 1. The smallest absolute Gasteiger partial charge is 0.248 e. The molecule has 0 aromatic heterocycles. The Morgan fingerprint density at radius 1 is 1.15 bits per heavy atom. The minimum Gasteiger partial charge on any atom is -0.366 e. The quantitative estimate of drug-likeness (QED) is 0.878. The van der Waals surface area contributed by atoms with Crippen LogP contribution in [0.3, 0.4) is 0 Å². The van der Waals surface area contributed by atoms with Crippen LogP contribution in [0, 0.1) is 12.7 Å². The lowest BCUT2D eigenvalue weighted by molar-refractivity contribution is 0.1000. The maximum Gasteiger partial charge on any atom is 0.248 e. The average Bonchev–Trinajstić information content (AvgIpc) is 2.42. The summed E-state index contributed by atoms with van der Waals surface area (Å²) in [6.07, 6.45) is 0. The molecule has 0 spiro atoms. The van der Waals surface area contributed by atoms with E-state index in [0.29, 0.717) is 24.2 Å². The molecule has 4 heteroatoms. The fourth-order valence-electron chi connectivity index (χ4n) is 2.02. The summed E-state index contributed by atoms with van der Waals surface area (Å²) in [7, 11) is 0. The van der Waals surface area contributed by atoms with E-state index in [4.69, 9.17) is 5.73 Å². The standard InChI is InChI=1S/C16H17FN2O/c1-11-8-12(16(18)20)6-7-13(11)9-19-10-14-4-2-3-5-15(14)17/h2-8,19H,9-10H2,1H3,(H2,18,20). The van der Waals surface area contributed by atoms with Crippen molar-refractivity contribution in [2.24, 2.45) is 5.73 Å². The van der Waals surface area contributed by atoms with Gasteiger partial charge in [-0.3, -0.25) is 4.79 Å². The van der Waals surface area contributed by atoms with E-state index in [1.807, 2.05) is 19.1 Å². The molecule has 2 rings (SSSR count). The van der Waals surface area contributed by atoms with Crippen molar-refractivity contribution in [1.29, 1.82) is 0 Å². The normalized spacial score (nSPS) is 10.5. The number of primary amides is 1. The van der Waals surface area contributed by atoms with E-state index in [2.05, 4.69) is 5.32 Å². The first-order valence-electron chi connectivity index (χ1n) is 6.41. The Hall–Kier alpha value is -2.20. The van der Waals surface area contributed by atoms with Crippen LogP contribution in [0.25, 0.3) is 0 Å². The third-order valence-electron chi connectivity index (χ3n) is 3.22. The van der Waals surface area contributed by atoms with E-state index in [9.17, 15) is 9.18 Å². The number of rotatable bonds is 5. The molecule has 3 nitrogen and oxygen atoms in total. The maximum absolute atomic E-state index is 13.4. The molecule has 0 bridgehead atoms. The first-order chi connectivity index (χ1) is 9.58. The zero-order chi connectivity index (χ0) is 14.5. The van der Waals surface area contributed by atoms with Crippen LogP contribution in [0.1, 0.15) is 27.0 Å². The van der Waals surface area contributed by atoms with Gasteiger partial charge >= 0.3 is 0 Å². The van der Waals surface area contributed by atoms with Crippen molar-refractivity contribution in [3.63, 3.8) is 0 Å². The summed E-state index contributed by atoms with van der Waals surface area (Å²) in [5, 5.41) is 3.19. The lowest BCUT2D eigenvalue weighted by Gasteiger charge is -2.09. The van der Waals surface area contributed by atoms with E-state index < -0.39 is 5.91 Å². The Bertz CT molecular complexity index is 626. The summed E-state index contributed by atoms with van der Waals surface area (Å²) < 4.78 is 13.4. The van der Waals surface area contributed by atoms with Gasteiger partial charge in [0.15, 0.2) is 0 Å². The molecule has 0 aliphatic rings. The van der Waals surface area contributed by atoms with E-state index >= 15 is 0 Å². The molecule has 1 amide bonds.